The summed E-state index contributed by atoms with van der Waals surface area (Å²) in [5.41, 5.74) is 6.74. The summed E-state index contributed by atoms with van der Waals surface area (Å²) in [6, 6.07) is 0. The van der Waals surface area contributed by atoms with Crippen LogP contribution in [0.2, 0.25) is 0 Å². The first-order valence-corrected chi connectivity index (χ1v) is 4.61. The fourth-order valence-electron chi connectivity index (χ4n) is 1.30. The monoisotopic (exact) mass is 197 g/mol. The Morgan fingerprint density at radius 2 is 2.21 bits per heavy atom. The summed E-state index contributed by atoms with van der Waals surface area (Å²) in [4.78, 5) is 11.5. The molecule has 5 heteroatoms. The van der Waals surface area contributed by atoms with Gasteiger partial charge in [-0.2, -0.15) is 5.10 Å². The van der Waals surface area contributed by atoms with Gasteiger partial charge >= 0.3 is 5.97 Å². The van der Waals surface area contributed by atoms with E-state index in [1.54, 1.807) is 18.5 Å². The lowest BCUT2D eigenvalue weighted by Crippen LogP contribution is -2.09. The van der Waals surface area contributed by atoms with Gasteiger partial charge in [0.15, 0.2) is 0 Å². The topological polar surface area (TPSA) is 70.1 Å². The van der Waals surface area contributed by atoms with Gasteiger partial charge in [0.1, 0.15) is 11.4 Å². The molecule has 5 nitrogen and oxygen atoms in total. The number of ether oxygens (including phenoxy) is 1. The zero-order valence-electron chi connectivity index (χ0n) is 8.70. The Kier molecular flexibility index (Phi) is 3.11. The number of aromatic nitrogens is 2. The standard InChI is InChI=1S/C9H15N3O2/c1-4-12-8(10)7(6(3)11-12)9(13)14-5-2/h4-5,10H2,1-3H3. The Labute approximate surface area is 82.8 Å². The molecule has 0 bridgehead atoms. The molecule has 0 saturated carbocycles. The van der Waals surface area contributed by atoms with E-state index in [1.807, 2.05) is 6.92 Å². The van der Waals surface area contributed by atoms with Gasteiger partial charge in [-0.05, 0) is 20.8 Å². The molecular weight excluding hydrogens is 182 g/mol. The molecule has 0 radical (unpaired) electrons. The molecule has 0 aliphatic heterocycles. The number of nitrogen functional groups attached to an aromatic ring is 1. The first kappa shape index (κ1) is 10.6. The van der Waals surface area contributed by atoms with Gasteiger partial charge in [-0.25, -0.2) is 9.48 Å². The van der Waals surface area contributed by atoms with Gasteiger partial charge in [0.2, 0.25) is 0 Å². The van der Waals surface area contributed by atoms with Crippen LogP contribution in [0.25, 0.3) is 0 Å². The van der Waals surface area contributed by atoms with Gasteiger partial charge < -0.3 is 10.5 Å². The highest BCUT2D eigenvalue weighted by atomic mass is 16.5. The molecule has 14 heavy (non-hydrogen) atoms. The molecule has 0 aliphatic carbocycles. The quantitative estimate of drug-likeness (QED) is 0.733. The molecule has 78 valence electrons. The third kappa shape index (κ3) is 1.71. The summed E-state index contributed by atoms with van der Waals surface area (Å²) in [6.07, 6.45) is 0. The van der Waals surface area contributed by atoms with Crippen LogP contribution >= 0.6 is 0 Å². The third-order valence-corrected chi connectivity index (χ3v) is 1.95. The summed E-state index contributed by atoms with van der Waals surface area (Å²) in [7, 11) is 0. The van der Waals surface area contributed by atoms with Crippen molar-refractivity contribution >= 4 is 11.8 Å². The molecule has 0 spiro atoms. The van der Waals surface area contributed by atoms with Gasteiger partial charge in [-0.15, -0.1) is 0 Å². The highest BCUT2D eigenvalue weighted by molar-refractivity contribution is 5.95. The van der Waals surface area contributed by atoms with Crippen molar-refractivity contribution < 1.29 is 9.53 Å². The smallest absolute Gasteiger partial charge is 0.343 e. The van der Waals surface area contributed by atoms with E-state index in [0.717, 1.165) is 0 Å². The molecule has 0 saturated heterocycles. The van der Waals surface area contributed by atoms with Crippen LogP contribution in [0.5, 0.6) is 0 Å². The van der Waals surface area contributed by atoms with Crippen molar-refractivity contribution in [1.82, 2.24) is 9.78 Å². The maximum atomic E-state index is 11.5. The molecule has 0 fully saturated rings. The Hall–Kier alpha value is -1.52. The number of carbonyl (C=O) groups is 1. The number of carbonyl (C=O) groups excluding carboxylic acids is 1. The summed E-state index contributed by atoms with van der Waals surface area (Å²) in [6.45, 7) is 6.40. The average Bonchev–Trinajstić information content (AvgIpc) is 2.41. The first-order valence-electron chi connectivity index (χ1n) is 4.61. The molecule has 1 rings (SSSR count). The Balaban J connectivity index is 3.07. The maximum Gasteiger partial charge on any atom is 0.343 e. The van der Waals surface area contributed by atoms with Gasteiger partial charge in [-0.1, -0.05) is 0 Å². The second-order valence-corrected chi connectivity index (χ2v) is 2.88. The van der Waals surface area contributed by atoms with E-state index in [2.05, 4.69) is 5.10 Å². The minimum absolute atomic E-state index is 0.342. The fourth-order valence-corrected chi connectivity index (χ4v) is 1.30. The van der Waals surface area contributed by atoms with Crippen LogP contribution in [0.1, 0.15) is 29.9 Å². The lowest BCUT2D eigenvalue weighted by Gasteiger charge is -2.02. The minimum atomic E-state index is -0.401. The molecule has 0 aromatic carbocycles. The average molecular weight is 197 g/mol. The van der Waals surface area contributed by atoms with E-state index < -0.39 is 5.97 Å². The number of nitrogens with two attached hydrogens (primary N) is 1. The molecule has 1 heterocycles. The summed E-state index contributed by atoms with van der Waals surface area (Å²) in [5.74, 6) is -0.0225. The van der Waals surface area contributed by atoms with Gasteiger partial charge in [0.05, 0.1) is 12.3 Å². The molecule has 1 aromatic heterocycles. The Bertz CT molecular complexity index is 344. The fraction of sp³-hybridized carbons (Fsp3) is 0.556. The lowest BCUT2D eigenvalue weighted by atomic mass is 10.2. The van der Waals surface area contributed by atoms with Gasteiger partial charge in [-0.3, -0.25) is 0 Å². The van der Waals surface area contributed by atoms with E-state index in [9.17, 15) is 4.79 Å². The predicted octanol–water partition coefficient (Wildman–Crippen LogP) is 0.970. The van der Waals surface area contributed by atoms with Crippen LogP contribution in [0, 0.1) is 6.92 Å². The minimum Gasteiger partial charge on any atom is -0.462 e. The van der Waals surface area contributed by atoms with Gasteiger partial charge in [0.25, 0.3) is 0 Å². The number of esters is 1. The first-order chi connectivity index (χ1) is 6.61. The van der Waals surface area contributed by atoms with Crippen molar-refractivity contribution in [3.05, 3.63) is 11.3 Å². The highest BCUT2D eigenvalue weighted by Gasteiger charge is 2.19. The SMILES string of the molecule is CCOC(=O)c1c(C)nn(CC)c1N. The number of aryl methyl sites for hydroxylation is 2. The van der Waals surface area contributed by atoms with E-state index in [0.29, 0.717) is 30.2 Å². The second kappa shape index (κ2) is 4.13. The number of hydrogen-bond donors (Lipinski definition) is 1. The van der Waals surface area contributed by atoms with Crippen molar-refractivity contribution in [3.63, 3.8) is 0 Å². The van der Waals surface area contributed by atoms with E-state index in [4.69, 9.17) is 10.5 Å². The zero-order valence-corrected chi connectivity index (χ0v) is 8.70. The van der Waals surface area contributed by atoms with Gasteiger partial charge in [0, 0.05) is 6.54 Å². The third-order valence-electron chi connectivity index (χ3n) is 1.95. The largest absolute Gasteiger partial charge is 0.462 e. The highest BCUT2D eigenvalue weighted by Crippen LogP contribution is 2.17. The maximum absolute atomic E-state index is 11.5. The summed E-state index contributed by atoms with van der Waals surface area (Å²) >= 11 is 0. The van der Waals surface area contributed by atoms with Crippen LogP contribution in [0.4, 0.5) is 5.82 Å². The molecule has 1 aromatic rings. The van der Waals surface area contributed by atoms with Crippen LogP contribution in [-0.4, -0.2) is 22.4 Å². The number of nitrogens with zero attached hydrogens (tertiary/aromatic N) is 2. The molecule has 0 unspecified atom stereocenters. The molecule has 2 N–H and O–H groups in total. The molecular formula is C9H15N3O2. The van der Waals surface area contributed by atoms with Crippen molar-refractivity contribution in [2.45, 2.75) is 27.3 Å². The van der Waals surface area contributed by atoms with Crippen molar-refractivity contribution in [2.24, 2.45) is 0 Å². The normalized spacial score (nSPS) is 10.2. The van der Waals surface area contributed by atoms with E-state index in [1.165, 1.54) is 0 Å². The van der Waals surface area contributed by atoms with E-state index >= 15 is 0 Å². The van der Waals surface area contributed by atoms with Crippen LogP contribution in [-0.2, 0) is 11.3 Å². The Morgan fingerprint density at radius 1 is 1.57 bits per heavy atom. The lowest BCUT2D eigenvalue weighted by molar-refractivity contribution is 0.0527. The summed E-state index contributed by atoms with van der Waals surface area (Å²) < 4.78 is 6.46. The van der Waals surface area contributed by atoms with Crippen molar-refractivity contribution in [2.75, 3.05) is 12.3 Å². The number of hydrogen-bond acceptors (Lipinski definition) is 4. The molecule has 0 atom stereocenters. The molecule has 0 amide bonds. The van der Waals surface area contributed by atoms with Crippen molar-refractivity contribution in [3.8, 4) is 0 Å². The van der Waals surface area contributed by atoms with Crippen LogP contribution in [0.15, 0.2) is 0 Å². The second-order valence-electron chi connectivity index (χ2n) is 2.88. The molecule has 0 aliphatic rings. The zero-order chi connectivity index (χ0) is 10.7. The van der Waals surface area contributed by atoms with Crippen LogP contribution < -0.4 is 5.73 Å². The van der Waals surface area contributed by atoms with Crippen LogP contribution in [0.3, 0.4) is 0 Å². The number of rotatable bonds is 3. The van der Waals surface area contributed by atoms with Crippen molar-refractivity contribution in [1.29, 1.82) is 0 Å². The predicted molar refractivity (Wildman–Crippen MR) is 53.0 cm³/mol. The number of anilines is 1. The summed E-state index contributed by atoms with van der Waals surface area (Å²) in [5, 5.41) is 4.12. The Morgan fingerprint density at radius 3 is 2.64 bits per heavy atom. The van der Waals surface area contributed by atoms with E-state index in [-0.39, 0.29) is 0 Å².